The first-order chi connectivity index (χ1) is 11.3. The van der Waals surface area contributed by atoms with Crippen molar-refractivity contribution in [1.82, 2.24) is 9.97 Å². The number of amides is 1. The van der Waals surface area contributed by atoms with Crippen LogP contribution in [-0.2, 0) is 4.74 Å². The molecule has 2 N–H and O–H groups in total. The highest BCUT2D eigenvalue weighted by Gasteiger charge is 2.44. The van der Waals surface area contributed by atoms with E-state index in [1.54, 1.807) is 0 Å². The predicted octanol–water partition coefficient (Wildman–Crippen LogP) is 2.61. The molecule has 1 atom stereocenters. The number of hydrogen-bond donors (Lipinski definition) is 1. The number of rotatable bonds is 4. The minimum atomic E-state index is -0.865. The number of primary amides is 1. The molecule has 6 nitrogen and oxygen atoms in total. The van der Waals surface area contributed by atoms with Crippen molar-refractivity contribution in [3.8, 4) is 5.88 Å². The Morgan fingerprint density at radius 2 is 2.08 bits per heavy atom. The fraction of sp³-hybridized carbons (Fsp3) is 0.706. The maximum Gasteiger partial charge on any atom is 0.273 e. The third-order valence-corrected chi connectivity index (χ3v) is 5.20. The molecular weight excluding hydrogens is 313 g/mol. The molecule has 2 fully saturated rings. The van der Waals surface area contributed by atoms with Crippen LogP contribution in [0.1, 0.15) is 62.9 Å². The highest BCUT2D eigenvalue weighted by Crippen LogP contribution is 2.47. The van der Waals surface area contributed by atoms with Gasteiger partial charge in [-0.3, -0.25) is 4.79 Å². The molecule has 0 aromatic carbocycles. The molecule has 1 unspecified atom stereocenters. The predicted molar refractivity (Wildman–Crippen MR) is 85.1 cm³/mol. The number of ether oxygens (including phenoxy) is 2. The summed E-state index contributed by atoms with van der Waals surface area (Å²) in [6.45, 7) is 4.85. The molecule has 0 bridgehead atoms. The minimum Gasteiger partial charge on any atom is -0.473 e. The largest absolute Gasteiger partial charge is 0.473 e. The van der Waals surface area contributed by atoms with Crippen molar-refractivity contribution in [3.63, 3.8) is 0 Å². The molecule has 3 rings (SSSR count). The Balaban J connectivity index is 1.58. The van der Waals surface area contributed by atoms with Crippen LogP contribution in [0, 0.1) is 11.4 Å². The maximum atomic E-state index is 13.1. The first-order valence-corrected chi connectivity index (χ1v) is 8.42. The van der Waals surface area contributed by atoms with E-state index in [-0.39, 0.29) is 29.9 Å². The standard InChI is InChI=1S/C17H24FN3O3/c1-16(2)5-7-17(8-6-16)4-3-11(24-17)10-23-15-13(14(19)22)21-12(18)9-20-15/h9,11H,3-8,10H2,1-2H3,(H2,19,22). The van der Waals surface area contributed by atoms with Gasteiger partial charge in [-0.15, -0.1) is 0 Å². The summed E-state index contributed by atoms with van der Waals surface area (Å²) in [5.41, 5.74) is 5.25. The molecule has 1 saturated heterocycles. The van der Waals surface area contributed by atoms with E-state index in [1.165, 1.54) is 0 Å². The molecule has 1 spiro atoms. The van der Waals surface area contributed by atoms with E-state index in [9.17, 15) is 9.18 Å². The van der Waals surface area contributed by atoms with Gasteiger partial charge >= 0.3 is 0 Å². The Kier molecular flexibility index (Phi) is 4.46. The summed E-state index contributed by atoms with van der Waals surface area (Å²) >= 11 is 0. The van der Waals surface area contributed by atoms with E-state index in [0.717, 1.165) is 44.7 Å². The van der Waals surface area contributed by atoms with Gasteiger partial charge in [0.05, 0.1) is 17.9 Å². The van der Waals surface area contributed by atoms with Gasteiger partial charge in [0, 0.05) is 0 Å². The summed E-state index contributed by atoms with van der Waals surface area (Å²) in [5.74, 6) is -1.77. The molecule has 2 aliphatic rings. The minimum absolute atomic E-state index is 0.0372. The fourth-order valence-corrected chi connectivity index (χ4v) is 3.56. The molecule has 24 heavy (non-hydrogen) atoms. The molecule has 1 aliphatic carbocycles. The van der Waals surface area contributed by atoms with E-state index in [2.05, 4.69) is 23.8 Å². The SMILES string of the molecule is CC1(C)CCC2(CCC(COc3ncc(F)nc3C(N)=O)O2)CC1. The first-order valence-electron chi connectivity index (χ1n) is 8.42. The molecule has 1 saturated carbocycles. The third-order valence-electron chi connectivity index (χ3n) is 5.20. The molecular formula is C17H24FN3O3. The van der Waals surface area contributed by atoms with E-state index in [4.69, 9.17) is 15.2 Å². The normalized spacial score (nSPS) is 24.9. The lowest BCUT2D eigenvalue weighted by atomic mass is 9.70. The van der Waals surface area contributed by atoms with Crippen molar-refractivity contribution in [2.45, 2.75) is 64.1 Å². The van der Waals surface area contributed by atoms with Crippen LogP contribution in [0.5, 0.6) is 5.88 Å². The molecule has 7 heteroatoms. The second-order valence-electron chi connectivity index (χ2n) is 7.65. The summed E-state index contributed by atoms with van der Waals surface area (Å²) in [6.07, 6.45) is 7.24. The summed E-state index contributed by atoms with van der Waals surface area (Å²) in [4.78, 5) is 18.5. The van der Waals surface area contributed by atoms with Crippen LogP contribution in [0.15, 0.2) is 6.20 Å². The zero-order valence-corrected chi connectivity index (χ0v) is 14.2. The lowest BCUT2D eigenvalue weighted by molar-refractivity contribution is -0.0901. The summed E-state index contributed by atoms with van der Waals surface area (Å²) in [5, 5.41) is 0. The van der Waals surface area contributed by atoms with Gasteiger partial charge in [-0.25, -0.2) is 9.97 Å². The van der Waals surface area contributed by atoms with Crippen LogP contribution < -0.4 is 10.5 Å². The van der Waals surface area contributed by atoms with E-state index in [0.29, 0.717) is 5.41 Å². The number of carbonyl (C=O) groups excluding carboxylic acids is 1. The van der Waals surface area contributed by atoms with Crippen LogP contribution >= 0.6 is 0 Å². The van der Waals surface area contributed by atoms with Crippen LogP contribution in [0.2, 0.25) is 0 Å². The number of nitrogens with two attached hydrogens (primary N) is 1. The van der Waals surface area contributed by atoms with E-state index in [1.807, 2.05) is 0 Å². The smallest absolute Gasteiger partial charge is 0.273 e. The second kappa shape index (κ2) is 6.27. The van der Waals surface area contributed by atoms with Gasteiger partial charge in [-0.2, -0.15) is 4.39 Å². The summed E-state index contributed by atoms with van der Waals surface area (Å²) < 4.78 is 24.9. The summed E-state index contributed by atoms with van der Waals surface area (Å²) in [7, 11) is 0. The van der Waals surface area contributed by atoms with Gasteiger partial charge in [0.15, 0.2) is 5.69 Å². The highest BCUT2D eigenvalue weighted by molar-refractivity contribution is 5.92. The maximum absolute atomic E-state index is 13.1. The molecule has 1 aliphatic heterocycles. The highest BCUT2D eigenvalue weighted by atomic mass is 19.1. The lowest BCUT2D eigenvalue weighted by Gasteiger charge is -2.41. The van der Waals surface area contributed by atoms with Gasteiger partial charge in [0.25, 0.3) is 5.91 Å². The van der Waals surface area contributed by atoms with Crippen molar-refractivity contribution >= 4 is 5.91 Å². The Morgan fingerprint density at radius 1 is 1.38 bits per heavy atom. The first kappa shape index (κ1) is 17.1. The second-order valence-corrected chi connectivity index (χ2v) is 7.65. The lowest BCUT2D eigenvalue weighted by Crippen LogP contribution is -2.37. The van der Waals surface area contributed by atoms with E-state index >= 15 is 0 Å². The average Bonchev–Trinajstić information content (AvgIpc) is 2.93. The zero-order chi connectivity index (χ0) is 17.4. The van der Waals surface area contributed by atoms with Crippen LogP contribution in [-0.4, -0.2) is 34.2 Å². The van der Waals surface area contributed by atoms with Crippen molar-refractivity contribution in [2.24, 2.45) is 11.1 Å². The summed E-state index contributed by atoms with van der Waals surface area (Å²) in [6, 6.07) is 0. The topological polar surface area (TPSA) is 87.3 Å². The molecule has 1 aromatic rings. The third kappa shape index (κ3) is 3.66. The Hall–Kier alpha value is -1.76. The Morgan fingerprint density at radius 3 is 2.75 bits per heavy atom. The quantitative estimate of drug-likeness (QED) is 0.912. The molecule has 1 aromatic heterocycles. The van der Waals surface area contributed by atoms with Crippen LogP contribution in [0.3, 0.4) is 0 Å². The van der Waals surface area contributed by atoms with Gasteiger partial charge < -0.3 is 15.2 Å². The zero-order valence-electron chi connectivity index (χ0n) is 14.2. The number of hydrogen-bond acceptors (Lipinski definition) is 5. The van der Waals surface area contributed by atoms with Crippen LogP contribution in [0.25, 0.3) is 0 Å². The van der Waals surface area contributed by atoms with Crippen molar-refractivity contribution in [1.29, 1.82) is 0 Å². The van der Waals surface area contributed by atoms with E-state index < -0.39 is 11.9 Å². The number of carbonyl (C=O) groups is 1. The number of nitrogens with zero attached hydrogens (tertiary/aromatic N) is 2. The number of halogens is 1. The van der Waals surface area contributed by atoms with Crippen molar-refractivity contribution in [2.75, 3.05) is 6.61 Å². The fourth-order valence-electron chi connectivity index (χ4n) is 3.56. The Bertz CT molecular complexity index is 626. The van der Waals surface area contributed by atoms with Gasteiger partial charge in [-0.1, -0.05) is 13.8 Å². The van der Waals surface area contributed by atoms with Crippen molar-refractivity contribution in [3.05, 3.63) is 17.8 Å². The molecule has 2 heterocycles. The molecule has 1 amide bonds. The monoisotopic (exact) mass is 337 g/mol. The van der Waals surface area contributed by atoms with Gasteiger partial charge in [-0.05, 0) is 43.9 Å². The molecule has 132 valence electrons. The van der Waals surface area contributed by atoms with Gasteiger partial charge in [0.1, 0.15) is 6.61 Å². The van der Waals surface area contributed by atoms with Crippen LogP contribution in [0.4, 0.5) is 4.39 Å². The Labute approximate surface area is 140 Å². The average molecular weight is 337 g/mol. The number of aromatic nitrogens is 2. The van der Waals surface area contributed by atoms with Crippen molar-refractivity contribution < 1.29 is 18.7 Å². The molecule has 0 radical (unpaired) electrons. The van der Waals surface area contributed by atoms with Gasteiger partial charge in [0.2, 0.25) is 11.8 Å².